The van der Waals surface area contributed by atoms with Gasteiger partial charge in [-0.3, -0.25) is 0 Å². The summed E-state index contributed by atoms with van der Waals surface area (Å²) in [5.41, 5.74) is 0.925. The second-order valence-corrected chi connectivity index (χ2v) is 6.88. The number of halogens is 3. The van der Waals surface area contributed by atoms with Gasteiger partial charge in [0.15, 0.2) is 5.75 Å². The van der Waals surface area contributed by atoms with Crippen molar-refractivity contribution < 1.29 is 25.8 Å². The van der Waals surface area contributed by atoms with Gasteiger partial charge in [0, 0.05) is 0 Å². The monoisotopic (exact) mass is 322 g/mol. The summed E-state index contributed by atoms with van der Waals surface area (Å²) in [6.45, 7) is 0. The highest BCUT2D eigenvalue weighted by Gasteiger charge is 2.36. The lowest BCUT2D eigenvalue weighted by Crippen LogP contribution is -2.26. The van der Waals surface area contributed by atoms with E-state index in [1.54, 1.807) is 6.07 Å². The molecule has 0 aliphatic heterocycles. The smallest absolute Gasteiger partial charge is 0.382 e. The fourth-order valence-corrected chi connectivity index (χ4v) is 3.49. The molecule has 0 saturated heterocycles. The Hall–Kier alpha value is -1.24. The fraction of sp³-hybridized carbons (Fsp3) is 0.571. The van der Waals surface area contributed by atoms with Gasteiger partial charge in [-0.15, -0.1) is 0 Å². The van der Waals surface area contributed by atoms with Gasteiger partial charge in [-0.05, 0) is 36.5 Å². The van der Waals surface area contributed by atoms with E-state index < -0.39 is 22.0 Å². The third kappa shape index (κ3) is 5.22. The van der Waals surface area contributed by atoms with E-state index in [9.17, 15) is 21.6 Å². The van der Waals surface area contributed by atoms with Gasteiger partial charge >= 0.3 is 16.3 Å². The van der Waals surface area contributed by atoms with Crippen molar-refractivity contribution in [2.75, 3.05) is 5.75 Å². The van der Waals surface area contributed by atoms with Gasteiger partial charge < -0.3 is 4.18 Å². The molecule has 1 aromatic carbocycles. The highest BCUT2D eigenvalue weighted by molar-refractivity contribution is 7.87. The lowest BCUT2D eigenvalue weighted by molar-refractivity contribution is -0.107. The quantitative estimate of drug-likeness (QED) is 0.787. The van der Waals surface area contributed by atoms with E-state index in [0.29, 0.717) is 5.92 Å². The van der Waals surface area contributed by atoms with E-state index in [-0.39, 0.29) is 5.75 Å². The molecule has 0 spiro atoms. The van der Waals surface area contributed by atoms with E-state index in [0.717, 1.165) is 31.2 Å². The summed E-state index contributed by atoms with van der Waals surface area (Å²) in [6, 6.07) is 6.37. The van der Waals surface area contributed by atoms with Crippen LogP contribution in [0.15, 0.2) is 24.3 Å². The van der Waals surface area contributed by atoms with Crippen LogP contribution in [0.5, 0.6) is 5.75 Å². The Labute approximate surface area is 122 Å². The zero-order valence-corrected chi connectivity index (χ0v) is 12.2. The van der Waals surface area contributed by atoms with E-state index in [2.05, 4.69) is 4.18 Å². The van der Waals surface area contributed by atoms with Crippen LogP contribution in [0, 0.1) is 0 Å². The molecule has 1 fully saturated rings. The number of hydrogen-bond donors (Lipinski definition) is 0. The fourth-order valence-electron chi connectivity index (χ4n) is 2.63. The van der Waals surface area contributed by atoms with Gasteiger partial charge in [-0.2, -0.15) is 21.6 Å². The van der Waals surface area contributed by atoms with Gasteiger partial charge in [0.25, 0.3) is 0 Å². The second kappa shape index (κ2) is 6.25. The van der Waals surface area contributed by atoms with Crippen molar-refractivity contribution in [1.29, 1.82) is 0 Å². The summed E-state index contributed by atoms with van der Waals surface area (Å²) in [6.07, 6.45) is 0.633. The van der Waals surface area contributed by atoms with Crippen LogP contribution in [0.25, 0.3) is 0 Å². The lowest BCUT2D eigenvalue weighted by Gasteiger charge is -2.22. The summed E-state index contributed by atoms with van der Waals surface area (Å²) in [5, 5.41) is 0. The molecule has 0 unspecified atom stereocenters. The van der Waals surface area contributed by atoms with E-state index in [4.69, 9.17) is 0 Å². The van der Waals surface area contributed by atoms with Crippen LogP contribution in [0.1, 0.15) is 43.6 Å². The number of alkyl halides is 3. The van der Waals surface area contributed by atoms with Crippen LogP contribution in [-0.2, 0) is 10.1 Å². The maximum atomic E-state index is 12.2. The Balaban J connectivity index is 2.10. The minimum absolute atomic E-state index is 0.0534. The molecule has 1 aliphatic carbocycles. The molecule has 0 heterocycles. The van der Waals surface area contributed by atoms with Gasteiger partial charge in [-0.25, -0.2) is 0 Å². The van der Waals surface area contributed by atoms with Crippen molar-refractivity contribution in [3.8, 4) is 5.75 Å². The molecule has 1 aromatic rings. The number of benzene rings is 1. The molecule has 1 aliphatic rings. The van der Waals surface area contributed by atoms with Crippen molar-refractivity contribution in [2.24, 2.45) is 0 Å². The zero-order chi connectivity index (χ0) is 15.5. The van der Waals surface area contributed by atoms with Crippen LogP contribution in [0.4, 0.5) is 13.2 Å². The van der Waals surface area contributed by atoms with Crippen molar-refractivity contribution in [3.63, 3.8) is 0 Å². The van der Waals surface area contributed by atoms with Gasteiger partial charge in [0.05, 0.1) is 0 Å². The van der Waals surface area contributed by atoms with Crippen molar-refractivity contribution >= 4 is 10.1 Å². The Morgan fingerprint density at radius 3 is 2.43 bits per heavy atom. The largest absolute Gasteiger partial charge is 0.406 e. The topological polar surface area (TPSA) is 43.4 Å². The molecular weight excluding hydrogens is 305 g/mol. The van der Waals surface area contributed by atoms with Crippen LogP contribution in [-0.4, -0.2) is 20.3 Å². The van der Waals surface area contributed by atoms with Crippen LogP contribution in [0.3, 0.4) is 0 Å². The average Bonchev–Trinajstić information content (AvgIpc) is 2.36. The molecule has 2 rings (SSSR count). The molecule has 0 bridgehead atoms. The Bertz CT molecular complexity index is 575. The van der Waals surface area contributed by atoms with Gasteiger partial charge in [0.2, 0.25) is 0 Å². The van der Waals surface area contributed by atoms with E-state index >= 15 is 0 Å². The molecule has 0 amide bonds. The molecular formula is C14H17F3O3S. The van der Waals surface area contributed by atoms with E-state index in [1.165, 1.54) is 18.6 Å². The summed E-state index contributed by atoms with van der Waals surface area (Å²) >= 11 is 0. The van der Waals surface area contributed by atoms with E-state index in [1.807, 2.05) is 6.07 Å². The predicted octanol–water partition coefficient (Wildman–Crippen LogP) is 4.01. The minimum atomic E-state index is -4.81. The van der Waals surface area contributed by atoms with Crippen molar-refractivity contribution in [3.05, 3.63) is 29.8 Å². The maximum absolute atomic E-state index is 12.2. The first-order valence-corrected chi connectivity index (χ1v) is 8.42. The minimum Gasteiger partial charge on any atom is -0.382 e. The van der Waals surface area contributed by atoms with Crippen LogP contribution < -0.4 is 4.18 Å². The molecule has 118 valence electrons. The summed E-state index contributed by atoms with van der Waals surface area (Å²) in [4.78, 5) is 0. The molecule has 0 aromatic heterocycles. The molecule has 21 heavy (non-hydrogen) atoms. The molecule has 1 saturated carbocycles. The molecule has 7 heteroatoms. The summed E-state index contributed by atoms with van der Waals surface area (Å²) < 4.78 is 63.8. The zero-order valence-electron chi connectivity index (χ0n) is 11.4. The molecule has 0 N–H and O–H groups in total. The maximum Gasteiger partial charge on any atom is 0.406 e. The highest BCUT2D eigenvalue weighted by atomic mass is 32.2. The Morgan fingerprint density at radius 2 is 1.81 bits per heavy atom. The lowest BCUT2D eigenvalue weighted by atomic mass is 9.84. The standard InChI is InChI=1S/C14H17F3O3S/c15-14(16,17)10-21(18,19)20-13-8-4-7-12(9-13)11-5-2-1-3-6-11/h4,7-9,11H,1-3,5-6,10H2. The Kier molecular flexibility index (Phi) is 4.81. The first kappa shape index (κ1) is 16.1. The number of rotatable bonds is 4. The number of hydrogen-bond acceptors (Lipinski definition) is 3. The first-order chi connectivity index (χ1) is 9.75. The van der Waals surface area contributed by atoms with Crippen molar-refractivity contribution in [1.82, 2.24) is 0 Å². The van der Waals surface area contributed by atoms with Crippen LogP contribution in [0.2, 0.25) is 0 Å². The first-order valence-electron chi connectivity index (χ1n) is 6.84. The summed E-state index contributed by atoms with van der Waals surface area (Å²) in [5.74, 6) is -1.71. The predicted molar refractivity (Wildman–Crippen MR) is 72.7 cm³/mol. The SMILES string of the molecule is O=S(=O)(CC(F)(F)F)Oc1cccc(C2CCCCC2)c1. The summed E-state index contributed by atoms with van der Waals surface area (Å²) in [7, 11) is -4.66. The highest BCUT2D eigenvalue weighted by Crippen LogP contribution is 2.34. The third-order valence-electron chi connectivity index (χ3n) is 3.50. The molecule has 3 nitrogen and oxygen atoms in total. The average molecular weight is 322 g/mol. The Morgan fingerprint density at radius 1 is 1.14 bits per heavy atom. The normalized spacial score (nSPS) is 17.7. The molecule has 0 atom stereocenters. The van der Waals surface area contributed by atoms with Crippen molar-refractivity contribution in [2.45, 2.75) is 44.2 Å². The van der Waals surface area contributed by atoms with Crippen LogP contribution >= 0.6 is 0 Å². The van der Waals surface area contributed by atoms with Gasteiger partial charge in [0.1, 0.15) is 5.75 Å². The van der Waals surface area contributed by atoms with Gasteiger partial charge in [-0.1, -0.05) is 31.4 Å². The second-order valence-electron chi connectivity index (χ2n) is 5.31. The molecule has 0 radical (unpaired) electrons. The third-order valence-corrected chi connectivity index (χ3v) is 4.63.